The van der Waals surface area contributed by atoms with Crippen LogP contribution >= 0.6 is 0 Å². The van der Waals surface area contributed by atoms with Gasteiger partial charge in [-0.3, -0.25) is 15.0 Å². The first-order valence-corrected chi connectivity index (χ1v) is 13.2. The van der Waals surface area contributed by atoms with Gasteiger partial charge in [0.15, 0.2) is 0 Å². The summed E-state index contributed by atoms with van der Waals surface area (Å²) in [6.45, 7) is 5.80. The topological polar surface area (TPSA) is 118 Å². The second-order valence-electron chi connectivity index (χ2n) is 8.75. The second kappa shape index (κ2) is 10.9. The number of furan rings is 1. The van der Waals surface area contributed by atoms with Crippen LogP contribution in [-0.4, -0.2) is 68.5 Å². The Morgan fingerprint density at radius 1 is 1.06 bits per heavy atom. The Kier molecular flexibility index (Phi) is 7.87. The highest BCUT2D eigenvalue weighted by Crippen LogP contribution is 2.31. The smallest absolute Gasteiger partial charge is 0.293 e. The molecule has 2 fully saturated rings. The lowest BCUT2D eigenvalue weighted by molar-refractivity contribution is -0.384. The highest BCUT2D eigenvalue weighted by molar-refractivity contribution is 7.89. The van der Waals surface area contributed by atoms with Gasteiger partial charge in [0.1, 0.15) is 17.2 Å². The lowest BCUT2D eigenvalue weighted by Gasteiger charge is -2.33. The molecule has 1 aromatic heterocycles. The Morgan fingerprint density at radius 3 is 2.38 bits per heavy atom. The lowest BCUT2D eigenvalue weighted by atomic mass is 10.1. The predicted molar refractivity (Wildman–Crippen MR) is 127 cm³/mol. The van der Waals surface area contributed by atoms with E-state index in [4.69, 9.17) is 9.15 Å². The third kappa shape index (κ3) is 5.60. The van der Waals surface area contributed by atoms with Crippen LogP contribution in [0.3, 0.4) is 0 Å². The number of benzene rings is 1. The molecule has 0 radical (unpaired) electrons. The Morgan fingerprint density at radius 2 is 1.76 bits per heavy atom. The van der Waals surface area contributed by atoms with Gasteiger partial charge in [0.2, 0.25) is 10.0 Å². The van der Waals surface area contributed by atoms with Gasteiger partial charge in [-0.1, -0.05) is 12.8 Å². The van der Waals surface area contributed by atoms with Gasteiger partial charge in [0, 0.05) is 38.8 Å². The zero-order chi connectivity index (χ0) is 24.1. The van der Waals surface area contributed by atoms with Gasteiger partial charge in [0.05, 0.1) is 29.1 Å². The molecule has 0 bridgehead atoms. The second-order valence-corrected chi connectivity index (χ2v) is 10.7. The van der Waals surface area contributed by atoms with Crippen LogP contribution in [0.4, 0.5) is 11.4 Å². The van der Waals surface area contributed by atoms with E-state index in [9.17, 15) is 18.5 Å². The van der Waals surface area contributed by atoms with Gasteiger partial charge in [-0.15, -0.1) is 0 Å². The average Bonchev–Trinajstić information content (AvgIpc) is 3.07. The van der Waals surface area contributed by atoms with E-state index in [-0.39, 0.29) is 22.3 Å². The Bertz CT molecular complexity index is 1090. The van der Waals surface area contributed by atoms with Gasteiger partial charge in [-0.25, -0.2) is 8.42 Å². The molecule has 2 saturated heterocycles. The number of morpholine rings is 1. The van der Waals surface area contributed by atoms with Gasteiger partial charge in [-0.05, 0) is 44.0 Å². The molecule has 0 aliphatic carbocycles. The molecule has 0 spiro atoms. The van der Waals surface area contributed by atoms with Crippen LogP contribution in [0, 0.1) is 17.0 Å². The van der Waals surface area contributed by atoms with Crippen LogP contribution in [0.5, 0.6) is 0 Å². The number of ether oxygens (including phenoxy) is 1. The maximum atomic E-state index is 13.1. The first kappa shape index (κ1) is 24.6. The first-order chi connectivity index (χ1) is 16.4. The summed E-state index contributed by atoms with van der Waals surface area (Å²) in [7, 11) is -3.78. The van der Waals surface area contributed by atoms with Crippen LogP contribution in [-0.2, 0) is 14.8 Å². The van der Waals surface area contributed by atoms with E-state index < -0.39 is 14.9 Å². The fraction of sp³-hybridized carbons (Fsp3) is 0.565. The molecular formula is C23H32N4O6S. The summed E-state index contributed by atoms with van der Waals surface area (Å²) >= 11 is 0. The van der Waals surface area contributed by atoms with E-state index in [0.29, 0.717) is 32.8 Å². The molecule has 186 valence electrons. The summed E-state index contributed by atoms with van der Waals surface area (Å²) in [5.41, 5.74) is 0.0219. The van der Waals surface area contributed by atoms with Crippen molar-refractivity contribution in [2.45, 2.75) is 43.5 Å². The summed E-state index contributed by atoms with van der Waals surface area (Å²) in [5, 5.41) is 15.0. The molecule has 2 aliphatic rings. The molecule has 1 N–H and O–H groups in total. The van der Waals surface area contributed by atoms with Crippen LogP contribution in [0.2, 0.25) is 0 Å². The zero-order valence-electron chi connectivity index (χ0n) is 19.4. The molecule has 0 amide bonds. The third-order valence-corrected chi connectivity index (χ3v) is 8.33. The number of hydrogen-bond donors (Lipinski definition) is 1. The van der Waals surface area contributed by atoms with E-state index in [2.05, 4.69) is 10.2 Å². The van der Waals surface area contributed by atoms with Crippen LogP contribution in [0.25, 0.3) is 0 Å². The van der Waals surface area contributed by atoms with Crippen molar-refractivity contribution in [3.8, 4) is 0 Å². The molecule has 0 unspecified atom stereocenters. The number of rotatable bonds is 8. The van der Waals surface area contributed by atoms with Crippen molar-refractivity contribution in [2.75, 3.05) is 51.3 Å². The van der Waals surface area contributed by atoms with Crippen molar-refractivity contribution in [1.29, 1.82) is 0 Å². The monoisotopic (exact) mass is 492 g/mol. The number of nitrogens with one attached hydrogen (secondary N) is 1. The SMILES string of the molecule is Cc1ccc([C@H](CNc2ccc(S(=O)(=O)N3CCCCCC3)cc2[N+](=O)[O-])N2CCOCC2)o1. The molecule has 4 rings (SSSR count). The molecule has 0 saturated carbocycles. The largest absolute Gasteiger partial charge is 0.465 e. The fourth-order valence-corrected chi connectivity index (χ4v) is 6.08. The summed E-state index contributed by atoms with van der Waals surface area (Å²) < 4.78 is 39.0. The molecule has 1 aromatic carbocycles. The highest BCUT2D eigenvalue weighted by Gasteiger charge is 2.29. The van der Waals surface area contributed by atoms with Crippen molar-refractivity contribution < 1.29 is 22.5 Å². The van der Waals surface area contributed by atoms with E-state index in [1.165, 1.54) is 22.5 Å². The van der Waals surface area contributed by atoms with Gasteiger partial charge >= 0.3 is 0 Å². The van der Waals surface area contributed by atoms with E-state index >= 15 is 0 Å². The fourth-order valence-electron chi connectivity index (χ4n) is 4.54. The number of aryl methyl sites for hydroxylation is 1. The standard InChI is InChI=1S/C23H32N4O6S/c1-18-6-9-23(33-18)22(25-12-14-32-15-13-25)17-24-20-8-7-19(16-21(20)27(28)29)34(30,31)26-10-4-2-3-5-11-26/h6-9,16,22,24H,2-5,10-15,17H2,1H3/t22-/m0/s1. The predicted octanol–water partition coefficient (Wildman–Crippen LogP) is 3.55. The third-order valence-electron chi connectivity index (χ3n) is 6.43. The van der Waals surface area contributed by atoms with Crippen LogP contribution < -0.4 is 5.32 Å². The van der Waals surface area contributed by atoms with E-state index in [0.717, 1.165) is 50.3 Å². The summed E-state index contributed by atoms with van der Waals surface area (Å²) in [6, 6.07) is 7.79. The Labute approximate surface area is 200 Å². The number of sulfonamides is 1. The molecule has 2 aromatic rings. The van der Waals surface area contributed by atoms with E-state index in [1.54, 1.807) is 0 Å². The Hall–Kier alpha value is -2.47. The number of nitrogens with zero attached hydrogens (tertiary/aromatic N) is 3. The van der Waals surface area contributed by atoms with Gasteiger partial charge < -0.3 is 14.5 Å². The molecule has 3 heterocycles. The van der Waals surface area contributed by atoms with Crippen LogP contribution in [0.15, 0.2) is 39.6 Å². The zero-order valence-corrected chi connectivity index (χ0v) is 20.3. The molecule has 11 heteroatoms. The number of nitro benzene ring substituents is 1. The van der Waals surface area contributed by atoms with E-state index in [1.807, 2.05) is 19.1 Å². The van der Waals surface area contributed by atoms with Crippen molar-refractivity contribution in [3.05, 3.63) is 52.0 Å². The van der Waals surface area contributed by atoms with Crippen LogP contribution in [0.1, 0.15) is 43.2 Å². The van der Waals surface area contributed by atoms with Gasteiger partial charge in [-0.2, -0.15) is 4.31 Å². The minimum Gasteiger partial charge on any atom is -0.465 e. The molecule has 34 heavy (non-hydrogen) atoms. The maximum absolute atomic E-state index is 13.1. The van der Waals surface area contributed by atoms with Gasteiger partial charge in [0.25, 0.3) is 5.69 Å². The number of hydrogen-bond acceptors (Lipinski definition) is 8. The molecular weight excluding hydrogens is 460 g/mol. The van der Waals surface area contributed by atoms with Crippen molar-refractivity contribution in [1.82, 2.24) is 9.21 Å². The quantitative estimate of drug-likeness (QED) is 0.439. The number of anilines is 1. The molecule has 10 nitrogen and oxygen atoms in total. The summed E-state index contributed by atoms with van der Waals surface area (Å²) in [5.74, 6) is 1.57. The van der Waals surface area contributed by atoms with Crippen molar-refractivity contribution in [3.63, 3.8) is 0 Å². The first-order valence-electron chi connectivity index (χ1n) is 11.8. The average molecular weight is 493 g/mol. The normalized spacial score (nSPS) is 19.4. The lowest BCUT2D eigenvalue weighted by Crippen LogP contribution is -2.41. The highest BCUT2D eigenvalue weighted by atomic mass is 32.2. The van der Waals surface area contributed by atoms with Crippen molar-refractivity contribution in [2.24, 2.45) is 0 Å². The minimum absolute atomic E-state index is 0.0435. The number of nitro groups is 1. The minimum atomic E-state index is -3.78. The molecule has 1 atom stereocenters. The maximum Gasteiger partial charge on any atom is 0.293 e. The van der Waals surface area contributed by atoms with Crippen molar-refractivity contribution >= 4 is 21.4 Å². The summed E-state index contributed by atoms with van der Waals surface area (Å²) in [6.07, 6.45) is 3.59. The molecule has 2 aliphatic heterocycles. The Balaban J connectivity index is 1.56. The summed E-state index contributed by atoms with van der Waals surface area (Å²) in [4.78, 5) is 13.5.